The van der Waals surface area contributed by atoms with Crippen LogP contribution in [-0.2, 0) is 18.3 Å². The molecule has 30 heavy (non-hydrogen) atoms. The van der Waals surface area contributed by atoms with Crippen LogP contribution in [0.25, 0.3) is 21.9 Å². The van der Waals surface area contributed by atoms with E-state index < -0.39 is 0 Å². The molecule has 0 saturated heterocycles. The molecular weight excluding hydrogens is 376 g/mol. The highest BCUT2D eigenvalue weighted by Gasteiger charge is 2.25. The van der Waals surface area contributed by atoms with Crippen LogP contribution in [-0.4, -0.2) is 33.7 Å². The molecule has 4 rings (SSSR count). The Balaban J connectivity index is 1.67. The van der Waals surface area contributed by atoms with Crippen molar-refractivity contribution in [3.8, 4) is 0 Å². The number of carbonyl (C=O) groups is 1. The summed E-state index contributed by atoms with van der Waals surface area (Å²) in [6.45, 7) is 5.58. The fraction of sp³-hybridized carbons (Fsp3) is 0.333. The van der Waals surface area contributed by atoms with Gasteiger partial charge in [0.1, 0.15) is 5.82 Å². The van der Waals surface area contributed by atoms with Crippen LogP contribution in [0.15, 0.2) is 54.7 Å². The molecule has 6 heteroatoms. The maximum absolute atomic E-state index is 13.3. The van der Waals surface area contributed by atoms with Crippen molar-refractivity contribution >= 4 is 27.8 Å². The molecule has 0 bridgehead atoms. The first-order valence-electron chi connectivity index (χ1n) is 10.3. The third kappa shape index (κ3) is 3.59. The fourth-order valence-corrected chi connectivity index (χ4v) is 4.00. The van der Waals surface area contributed by atoms with Crippen molar-refractivity contribution in [2.24, 2.45) is 13.0 Å². The number of nitrogens with zero attached hydrogens (tertiary/aromatic N) is 3. The lowest BCUT2D eigenvalue weighted by atomic mass is 10.0. The first-order chi connectivity index (χ1) is 14.5. The molecule has 2 heterocycles. The van der Waals surface area contributed by atoms with Gasteiger partial charge in [0, 0.05) is 43.4 Å². The maximum Gasteiger partial charge on any atom is 0.252 e. The minimum Gasteiger partial charge on any atom is -0.383 e. The van der Waals surface area contributed by atoms with Crippen molar-refractivity contribution in [1.82, 2.24) is 19.4 Å². The second-order valence-corrected chi connectivity index (χ2v) is 7.95. The highest BCUT2D eigenvalue weighted by Crippen LogP contribution is 2.26. The van der Waals surface area contributed by atoms with E-state index in [1.807, 2.05) is 55.7 Å². The molecule has 1 amide bonds. The summed E-state index contributed by atoms with van der Waals surface area (Å²) in [6, 6.07) is 15.7. The standard InChI is InChI=1S/C24H28N4O2/c1-16(2)22(23-25-19-9-5-6-10-21(19)27(23)3)26-24(29)18-8-7-11-20-17(18)12-13-28(20)14-15-30-4/h5-13,16,22H,14-15H2,1-4H3,(H,26,29)/t22-/m0/s1. The van der Waals surface area contributed by atoms with Crippen molar-refractivity contribution in [3.63, 3.8) is 0 Å². The van der Waals surface area contributed by atoms with Gasteiger partial charge in [0.25, 0.3) is 5.91 Å². The lowest BCUT2D eigenvalue weighted by Gasteiger charge is -2.22. The van der Waals surface area contributed by atoms with Gasteiger partial charge < -0.3 is 19.2 Å². The van der Waals surface area contributed by atoms with Gasteiger partial charge in [0.05, 0.1) is 23.7 Å². The Hall–Kier alpha value is -3.12. The molecule has 0 aliphatic heterocycles. The van der Waals surface area contributed by atoms with Crippen LogP contribution in [0, 0.1) is 5.92 Å². The highest BCUT2D eigenvalue weighted by atomic mass is 16.5. The summed E-state index contributed by atoms with van der Waals surface area (Å²) in [6.07, 6.45) is 2.01. The molecular formula is C24H28N4O2. The van der Waals surface area contributed by atoms with Crippen LogP contribution in [0.2, 0.25) is 0 Å². The van der Waals surface area contributed by atoms with E-state index in [1.165, 1.54) is 0 Å². The quantitative estimate of drug-likeness (QED) is 0.500. The molecule has 156 valence electrons. The number of methoxy groups -OCH3 is 1. The number of aromatic nitrogens is 3. The van der Waals surface area contributed by atoms with Crippen molar-refractivity contribution in [2.75, 3.05) is 13.7 Å². The lowest BCUT2D eigenvalue weighted by molar-refractivity contribution is 0.0924. The van der Waals surface area contributed by atoms with Gasteiger partial charge in [-0.15, -0.1) is 0 Å². The molecule has 0 unspecified atom stereocenters. The van der Waals surface area contributed by atoms with Crippen molar-refractivity contribution in [1.29, 1.82) is 0 Å². The number of fused-ring (bicyclic) bond motifs is 2. The zero-order valence-corrected chi connectivity index (χ0v) is 17.9. The number of nitrogens with one attached hydrogen (secondary N) is 1. The number of aryl methyl sites for hydroxylation is 1. The summed E-state index contributed by atoms with van der Waals surface area (Å²) < 4.78 is 9.38. The zero-order valence-electron chi connectivity index (χ0n) is 17.9. The normalized spacial score (nSPS) is 12.7. The van der Waals surface area contributed by atoms with Crippen LogP contribution < -0.4 is 5.32 Å². The molecule has 0 saturated carbocycles. The van der Waals surface area contributed by atoms with Gasteiger partial charge in [-0.1, -0.05) is 32.0 Å². The molecule has 0 spiro atoms. The highest BCUT2D eigenvalue weighted by molar-refractivity contribution is 6.06. The predicted molar refractivity (Wildman–Crippen MR) is 120 cm³/mol. The topological polar surface area (TPSA) is 61.1 Å². The molecule has 2 aromatic carbocycles. The van der Waals surface area contributed by atoms with E-state index >= 15 is 0 Å². The maximum atomic E-state index is 13.3. The Kier molecular flexibility index (Phi) is 5.59. The van der Waals surface area contributed by atoms with Gasteiger partial charge in [-0.25, -0.2) is 4.98 Å². The molecule has 6 nitrogen and oxygen atoms in total. The first-order valence-corrected chi connectivity index (χ1v) is 10.3. The van der Waals surface area contributed by atoms with Crippen molar-refractivity contribution in [3.05, 3.63) is 66.1 Å². The molecule has 1 N–H and O–H groups in total. The third-order valence-corrected chi connectivity index (χ3v) is 5.65. The number of amides is 1. The summed E-state index contributed by atoms with van der Waals surface area (Å²) in [5, 5.41) is 4.18. The minimum atomic E-state index is -0.194. The molecule has 0 aliphatic carbocycles. The van der Waals surface area contributed by atoms with E-state index in [-0.39, 0.29) is 17.9 Å². The molecule has 0 aliphatic rings. The molecule has 0 radical (unpaired) electrons. The van der Waals surface area contributed by atoms with Crippen molar-refractivity contribution in [2.45, 2.75) is 26.4 Å². The van der Waals surface area contributed by atoms with Crippen LogP contribution in [0.5, 0.6) is 0 Å². The summed E-state index contributed by atoms with van der Waals surface area (Å²) >= 11 is 0. The third-order valence-electron chi connectivity index (χ3n) is 5.65. The summed E-state index contributed by atoms with van der Waals surface area (Å²) in [7, 11) is 3.69. The largest absolute Gasteiger partial charge is 0.383 e. The number of imidazole rings is 1. The average Bonchev–Trinajstić information content (AvgIpc) is 3.31. The van der Waals surface area contributed by atoms with Crippen LogP contribution in [0.3, 0.4) is 0 Å². The number of hydrogen-bond acceptors (Lipinski definition) is 3. The second kappa shape index (κ2) is 8.32. The minimum absolute atomic E-state index is 0.0872. The van der Waals surface area contributed by atoms with E-state index in [0.717, 1.165) is 34.3 Å². The van der Waals surface area contributed by atoms with E-state index in [9.17, 15) is 4.79 Å². The first kappa shape index (κ1) is 20.2. The van der Waals surface area contributed by atoms with Crippen LogP contribution >= 0.6 is 0 Å². The summed E-state index contributed by atoms with van der Waals surface area (Å²) in [5.41, 5.74) is 3.70. The van der Waals surface area contributed by atoms with E-state index in [2.05, 4.69) is 34.4 Å². The van der Waals surface area contributed by atoms with Gasteiger partial charge in [-0.2, -0.15) is 0 Å². The second-order valence-electron chi connectivity index (χ2n) is 7.95. The molecule has 2 aromatic heterocycles. The van der Waals surface area contributed by atoms with E-state index in [1.54, 1.807) is 7.11 Å². The smallest absolute Gasteiger partial charge is 0.252 e. The number of carbonyl (C=O) groups excluding carboxylic acids is 1. The van der Waals surface area contributed by atoms with Crippen LogP contribution in [0.4, 0.5) is 0 Å². The van der Waals surface area contributed by atoms with Gasteiger partial charge in [-0.05, 0) is 36.2 Å². The Labute approximate surface area is 176 Å². The number of rotatable bonds is 7. The number of ether oxygens (including phenoxy) is 1. The number of benzene rings is 2. The Bertz CT molecular complexity index is 1190. The van der Waals surface area contributed by atoms with Crippen LogP contribution in [0.1, 0.15) is 36.1 Å². The molecule has 0 fully saturated rings. The van der Waals surface area contributed by atoms with Gasteiger partial charge in [0.2, 0.25) is 0 Å². The van der Waals surface area contributed by atoms with Crippen molar-refractivity contribution < 1.29 is 9.53 Å². The fourth-order valence-electron chi connectivity index (χ4n) is 4.00. The SMILES string of the molecule is COCCn1ccc2c(C(=O)N[C@H](c3nc4ccccc4n3C)C(C)C)cccc21. The number of hydrogen-bond donors (Lipinski definition) is 1. The lowest BCUT2D eigenvalue weighted by Crippen LogP contribution is -2.33. The Morgan fingerprint density at radius 1 is 1.10 bits per heavy atom. The Morgan fingerprint density at radius 3 is 2.60 bits per heavy atom. The monoisotopic (exact) mass is 404 g/mol. The van der Waals surface area contributed by atoms with Gasteiger partial charge >= 0.3 is 0 Å². The summed E-state index contributed by atoms with van der Waals surface area (Å²) in [4.78, 5) is 18.1. The van der Waals surface area contributed by atoms with E-state index in [4.69, 9.17) is 9.72 Å². The van der Waals surface area contributed by atoms with Gasteiger partial charge in [-0.3, -0.25) is 4.79 Å². The average molecular weight is 405 g/mol. The molecule has 4 aromatic rings. The number of para-hydroxylation sites is 2. The zero-order chi connectivity index (χ0) is 21.3. The summed E-state index contributed by atoms with van der Waals surface area (Å²) in [5.74, 6) is 0.968. The molecule has 1 atom stereocenters. The predicted octanol–water partition coefficient (Wildman–Crippen LogP) is 4.30. The Morgan fingerprint density at radius 2 is 1.87 bits per heavy atom. The van der Waals surface area contributed by atoms with E-state index in [0.29, 0.717) is 12.2 Å². The van der Waals surface area contributed by atoms with Gasteiger partial charge in [0.15, 0.2) is 0 Å².